The lowest BCUT2D eigenvalue weighted by molar-refractivity contribution is -0.683. The second-order valence-electron chi connectivity index (χ2n) is 3.48. The Morgan fingerprint density at radius 3 is 2.31 bits per heavy atom. The number of hydrogen-bond donors (Lipinski definition) is 0. The molecule has 0 aliphatic rings. The van der Waals surface area contributed by atoms with Crippen molar-refractivity contribution in [2.75, 3.05) is 0 Å². The van der Waals surface area contributed by atoms with E-state index in [1.54, 1.807) is 29.1 Å². The predicted octanol–water partition coefficient (Wildman–Crippen LogP) is 2.00. The molecule has 2 rings (SSSR count). The summed E-state index contributed by atoms with van der Waals surface area (Å²) in [5.41, 5.74) is 0.666. The van der Waals surface area contributed by atoms with Crippen LogP contribution in [-0.2, 0) is 6.54 Å². The molecule has 2 aromatic rings. The summed E-state index contributed by atoms with van der Waals surface area (Å²) in [5, 5.41) is 0. The van der Waals surface area contributed by atoms with Gasteiger partial charge in [-0.05, 0) is 0 Å². The number of ketones is 1. The molecule has 1 aromatic carbocycles. The number of nitrogens with zero attached hydrogens (tertiary/aromatic N) is 1. The number of carbonyl (C=O) groups excluding carboxylic acids is 1. The summed E-state index contributed by atoms with van der Waals surface area (Å²) < 4.78 is 14.3. The number of benzene rings is 1. The van der Waals surface area contributed by atoms with Gasteiger partial charge in [0.05, 0.1) is 0 Å². The highest BCUT2D eigenvalue weighted by Crippen LogP contribution is 1.99. The van der Waals surface area contributed by atoms with Crippen molar-refractivity contribution in [1.29, 1.82) is 0 Å². The van der Waals surface area contributed by atoms with E-state index < -0.39 is 0 Å². The third kappa shape index (κ3) is 2.51. The van der Waals surface area contributed by atoms with Crippen LogP contribution in [0.5, 0.6) is 0 Å². The zero-order valence-corrected chi connectivity index (χ0v) is 8.64. The molecule has 0 radical (unpaired) electrons. The Morgan fingerprint density at radius 1 is 1.06 bits per heavy atom. The Kier molecular flexibility index (Phi) is 3.05. The first-order chi connectivity index (χ1) is 7.75. The van der Waals surface area contributed by atoms with Crippen LogP contribution in [0, 0.1) is 5.82 Å². The molecule has 0 spiro atoms. The van der Waals surface area contributed by atoms with E-state index >= 15 is 0 Å². The van der Waals surface area contributed by atoms with Crippen molar-refractivity contribution in [3.63, 3.8) is 0 Å². The standard InChI is InChI=1S/C13H11FNO/c14-12-6-8-15(9-7-12)10-13(16)11-4-2-1-3-5-11/h1-9H,10H2/q+1. The van der Waals surface area contributed by atoms with Gasteiger partial charge in [-0.15, -0.1) is 0 Å². The molecule has 0 bridgehead atoms. The van der Waals surface area contributed by atoms with Crippen LogP contribution in [0.3, 0.4) is 0 Å². The average molecular weight is 216 g/mol. The predicted molar refractivity (Wildman–Crippen MR) is 57.4 cm³/mol. The van der Waals surface area contributed by atoms with Gasteiger partial charge in [0.15, 0.2) is 12.4 Å². The van der Waals surface area contributed by atoms with Gasteiger partial charge in [0, 0.05) is 17.7 Å². The van der Waals surface area contributed by atoms with Crippen LogP contribution in [0.4, 0.5) is 4.39 Å². The minimum atomic E-state index is -0.302. The van der Waals surface area contributed by atoms with Crippen molar-refractivity contribution in [3.8, 4) is 0 Å². The van der Waals surface area contributed by atoms with Crippen molar-refractivity contribution >= 4 is 5.78 Å². The molecule has 0 saturated heterocycles. The van der Waals surface area contributed by atoms with E-state index in [0.717, 1.165) is 0 Å². The van der Waals surface area contributed by atoms with E-state index in [1.165, 1.54) is 12.1 Å². The van der Waals surface area contributed by atoms with Crippen LogP contribution >= 0.6 is 0 Å². The number of rotatable bonds is 3. The molecule has 1 heterocycles. The van der Waals surface area contributed by atoms with E-state index in [-0.39, 0.29) is 18.1 Å². The smallest absolute Gasteiger partial charge is 0.227 e. The van der Waals surface area contributed by atoms with Gasteiger partial charge in [0.2, 0.25) is 12.3 Å². The molecule has 0 N–H and O–H groups in total. The zero-order valence-electron chi connectivity index (χ0n) is 8.64. The van der Waals surface area contributed by atoms with Crippen LogP contribution in [0.15, 0.2) is 54.9 Å². The van der Waals surface area contributed by atoms with Crippen LogP contribution in [-0.4, -0.2) is 5.78 Å². The fraction of sp³-hybridized carbons (Fsp3) is 0.0769. The summed E-state index contributed by atoms with van der Waals surface area (Å²) >= 11 is 0. The summed E-state index contributed by atoms with van der Waals surface area (Å²) in [5.74, 6) is -0.291. The number of pyridine rings is 1. The lowest BCUT2D eigenvalue weighted by Crippen LogP contribution is -2.37. The van der Waals surface area contributed by atoms with Gasteiger partial charge in [-0.3, -0.25) is 4.79 Å². The summed E-state index contributed by atoms with van der Waals surface area (Å²) in [6, 6.07) is 11.7. The van der Waals surface area contributed by atoms with Gasteiger partial charge in [-0.2, -0.15) is 4.57 Å². The van der Waals surface area contributed by atoms with Crippen LogP contribution in [0.25, 0.3) is 0 Å². The minimum Gasteiger partial charge on any atom is -0.287 e. The number of halogens is 1. The van der Waals surface area contributed by atoms with Crippen molar-refractivity contribution in [2.45, 2.75) is 6.54 Å². The molecule has 3 heteroatoms. The van der Waals surface area contributed by atoms with E-state index in [2.05, 4.69) is 0 Å². The van der Waals surface area contributed by atoms with Gasteiger partial charge in [0.25, 0.3) is 0 Å². The first-order valence-electron chi connectivity index (χ1n) is 4.98. The van der Waals surface area contributed by atoms with Crippen molar-refractivity contribution in [1.82, 2.24) is 0 Å². The summed E-state index contributed by atoms with van der Waals surface area (Å²) in [6.45, 7) is 0.226. The molecule has 0 atom stereocenters. The topological polar surface area (TPSA) is 20.9 Å². The third-order valence-electron chi connectivity index (χ3n) is 2.27. The number of hydrogen-bond acceptors (Lipinski definition) is 1. The Hall–Kier alpha value is -2.03. The Balaban J connectivity index is 2.11. The van der Waals surface area contributed by atoms with Crippen molar-refractivity contribution < 1.29 is 13.8 Å². The van der Waals surface area contributed by atoms with E-state index in [4.69, 9.17) is 0 Å². The first-order valence-corrected chi connectivity index (χ1v) is 4.98. The molecule has 1 aromatic heterocycles. The molecular formula is C13H11FNO+. The molecule has 0 amide bonds. The maximum absolute atomic E-state index is 12.6. The SMILES string of the molecule is O=C(C[n+]1ccc(F)cc1)c1ccccc1. The van der Waals surface area contributed by atoms with Gasteiger partial charge in [0.1, 0.15) is 5.82 Å². The normalized spacial score (nSPS) is 10.1. The molecule has 0 fully saturated rings. The molecule has 80 valence electrons. The fourth-order valence-corrected chi connectivity index (χ4v) is 1.43. The summed E-state index contributed by atoms with van der Waals surface area (Å²) in [4.78, 5) is 11.8. The lowest BCUT2D eigenvalue weighted by Gasteiger charge is -1.97. The highest BCUT2D eigenvalue weighted by molar-refractivity contribution is 5.94. The first kappa shape index (κ1) is 10.5. The summed E-state index contributed by atoms with van der Waals surface area (Å²) in [7, 11) is 0. The molecule has 16 heavy (non-hydrogen) atoms. The van der Waals surface area contributed by atoms with Crippen LogP contribution < -0.4 is 4.57 Å². The number of Topliss-reactive ketones (excluding diaryl/α,β-unsaturated/α-hetero) is 1. The highest BCUT2D eigenvalue weighted by atomic mass is 19.1. The minimum absolute atomic E-state index is 0.0113. The average Bonchev–Trinajstić information content (AvgIpc) is 2.33. The summed E-state index contributed by atoms with van der Waals surface area (Å²) in [6.07, 6.45) is 3.10. The van der Waals surface area contributed by atoms with E-state index in [0.29, 0.717) is 5.56 Å². The van der Waals surface area contributed by atoms with Crippen molar-refractivity contribution in [3.05, 3.63) is 66.2 Å². The zero-order chi connectivity index (χ0) is 11.4. The molecular weight excluding hydrogens is 205 g/mol. The fourth-order valence-electron chi connectivity index (χ4n) is 1.43. The van der Waals surface area contributed by atoms with Crippen LogP contribution in [0.2, 0.25) is 0 Å². The second kappa shape index (κ2) is 4.66. The molecule has 0 aliphatic heterocycles. The monoisotopic (exact) mass is 216 g/mol. The third-order valence-corrected chi connectivity index (χ3v) is 2.27. The van der Waals surface area contributed by atoms with Crippen molar-refractivity contribution in [2.24, 2.45) is 0 Å². The van der Waals surface area contributed by atoms with Gasteiger partial charge in [-0.25, -0.2) is 4.39 Å². The van der Waals surface area contributed by atoms with E-state index in [1.807, 2.05) is 18.2 Å². The maximum Gasteiger partial charge on any atom is 0.227 e. The van der Waals surface area contributed by atoms with Gasteiger partial charge >= 0.3 is 0 Å². The largest absolute Gasteiger partial charge is 0.287 e. The lowest BCUT2D eigenvalue weighted by atomic mass is 10.1. The molecule has 2 nitrogen and oxygen atoms in total. The highest BCUT2D eigenvalue weighted by Gasteiger charge is 2.11. The van der Waals surface area contributed by atoms with Gasteiger partial charge in [-0.1, -0.05) is 30.3 Å². The Morgan fingerprint density at radius 2 is 1.69 bits per heavy atom. The number of carbonyl (C=O) groups is 1. The molecule has 0 aliphatic carbocycles. The maximum atomic E-state index is 12.6. The molecule has 0 unspecified atom stereocenters. The molecule has 0 saturated carbocycles. The Bertz CT molecular complexity index is 479. The quantitative estimate of drug-likeness (QED) is 0.568. The van der Waals surface area contributed by atoms with Gasteiger partial charge < -0.3 is 0 Å². The van der Waals surface area contributed by atoms with Crippen LogP contribution in [0.1, 0.15) is 10.4 Å². The van der Waals surface area contributed by atoms with E-state index in [9.17, 15) is 9.18 Å². The second-order valence-corrected chi connectivity index (χ2v) is 3.48. The number of aromatic nitrogens is 1. The Labute approximate surface area is 93.0 Å².